The molecule has 1 spiro atoms. The van der Waals surface area contributed by atoms with E-state index in [9.17, 15) is 29.1 Å². The van der Waals surface area contributed by atoms with Crippen LogP contribution < -0.4 is 26.0 Å². The molecule has 2 atom stereocenters. The number of nitrogens with one attached hydrogen (secondary N) is 2. The van der Waals surface area contributed by atoms with Crippen molar-refractivity contribution in [1.29, 1.82) is 0 Å². The number of likely N-dealkylation sites (tertiary alicyclic amines) is 1. The Morgan fingerprint density at radius 1 is 0.875 bits per heavy atom. The highest BCUT2D eigenvalue weighted by molar-refractivity contribution is 6.23. The predicted octanol–water partition coefficient (Wildman–Crippen LogP) is 3.64. The van der Waals surface area contributed by atoms with Gasteiger partial charge in [-0.25, -0.2) is 19.3 Å². The summed E-state index contributed by atoms with van der Waals surface area (Å²) in [5.41, 5.74) is 4.59. The number of hydrogen-bond donors (Lipinski definition) is 3. The van der Waals surface area contributed by atoms with E-state index in [1.54, 1.807) is 33.8 Å². The van der Waals surface area contributed by atoms with Crippen LogP contribution in [0.3, 0.4) is 0 Å². The molecular formula is C47H49N11O6. The number of benzene rings is 2. The Morgan fingerprint density at radius 2 is 1.62 bits per heavy atom. The third-order valence-corrected chi connectivity index (χ3v) is 14.4. The van der Waals surface area contributed by atoms with Crippen molar-refractivity contribution in [2.45, 2.75) is 76.1 Å². The fourth-order valence-corrected chi connectivity index (χ4v) is 10.9. The number of carbonyl (C=O) groups excluding carboxylic acids is 4. The Balaban J connectivity index is 0.696. The molecule has 4 saturated heterocycles. The Kier molecular flexibility index (Phi) is 9.36. The standard InChI is InChI=1S/C47H49N11O6/c1-3-19-56-42(61)35-23-48-45(52-40(35)58(56)37-13-5-28-15-18-47(64,4-2)39(28)50-37)49-29-6-8-30(9-7-29)54-24-46(25-54)26-55(27-46)31-16-20-53(21-17-31)32-10-11-33-34(22-32)44(63)57(43(33)62)36-12-14-38(59)51-41(36)60/h3,5-11,13,22-23,31,36,64H,1,4,12,14-21,24-27H2,2H3,(H,48,49,52)(H,51,59,60)/t36?,47-/m1/s1. The lowest BCUT2D eigenvalue weighted by molar-refractivity contribution is -0.136. The van der Waals surface area contributed by atoms with E-state index >= 15 is 0 Å². The molecule has 5 aliphatic heterocycles. The molecule has 8 heterocycles. The highest BCUT2D eigenvalue weighted by Crippen LogP contribution is 2.44. The van der Waals surface area contributed by atoms with Crippen molar-refractivity contribution in [2.24, 2.45) is 5.41 Å². The van der Waals surface area contributed by atoms with Gasteiger partial charge in [0.1, 0.15) is 17.0 Å². The number of piperidine rings is 2. The molecule has 3 aromatic heterocycles. The molecule has 1 aliphatic carbocycles. The van der Waals surface area contributed by atoms with E-state index in [-0.39, 0.29) is 24.9 Å². The van der Waals surface area contributed by atoms with Gasteiger partial charge in [-0.2, -0.15) is 4.98 Å². The quantitative estimate of drug-likeness (QED) is 0.136. The first-order chi connectivity index (χ1) is 30.9. The number of rotatable bonds is 10. The maximum atomic E-state index is 13.5. The average molecular weight is 864 g/mol. The molecular weight excluding hydrogens is 815 g/mol. The zero-order valence-electron chi connectivity index (χ0n) is 35.6. The number of aryl methyl sites for hydroxylation is 1. The van der Waals surface area contributed by atoms with Crippen molar-refractivity contribution in [3.63, 3.8) is 0 Å². The summed E-state index contributed by atoms with van der Waals surface area (Å²) >= 11 is 0. The Morgan fingerprint density at radius 3 is 2.36 bits per heavy atom. The summed E-state index contributed by atoms with van der Waals surface area (Å²) in [6.07, 6.45) is 7.35. The van der Waals surface area contributed by atoms with Gasteiger partial charge in [0.05, 0.1) is 23.4 Å². The molecule has 11 rings (SSSR count). The maximum Gasteiger partial charge on any atom is 0.278 e. The third-order valence-electron chi connectivity index (χ3n) is 14.4. The van der Waals surface area contributed by atoms with E-state index in [2.05, 4.69) is 49.0 Å². The van der Waals surface area contributed by atoms with Gasteiger partial charge in [-0.05, 0) is 92.6 Å². The summed E-state index contributed by atoms with van der Waals surface area (Å²) < 4.78 is 3.24. The molecule has 1 unspecified atom stereocenters. The van der Waals surface area contributed by atoms with Crippen LogP contribution in [-0.4, -0.2) is 114 Å². The smallest absolute Gasteiger partial charge is 0.278 e. The summed E-state index contributed by atoms with van der Waals surface area (Å²) in [5, 5.41) is 17.2. The van der Waals surface area contributed by atoms with Crippen molar-refractivity contribution >= 4 is 57.7 Å². The Labute approximate surface area is 368 Å². The first kappa shape index (κ1) is 40.1. The second kappa shape index (κ2) is 14.9. The Bertz CT molecular complexity index is 2850. The second-order valence-corrected chi connectivity index (χ2v) is 18.3. The summed E-state index contributed by atoms with van der Waals surface area (Å²) in [5.74, 6) is -1.13. The lowest BCUT2D eigenvalue weighted by Gasteiger charge is -2.63. The van der Waals surface area contributed by atoms with Crippen molar-refractivity contribution in [3.8, 4) is 5.82 Å². The number of carbonyl (C=O) groups is 4. The van der Waals surface area contributed by atoms with E-state index in [0.717, 1.165) is 86.1 Å². The van der Waals surface area contributed by atoms with Crippen molar-refractivity contribution < 1.29 is 24.3 Å². The zero-order chi connectivity index (χ0) is 44.1. The lowest BCUT2D eigenvalue weighted by atomic mass is 9.71. The van der Waals surface area contributed by atoms with Gasteiger partial charge in [-0.1, -0.05) is 19.1 Å². The molecule has 6 aliphatic rings. The number of aromatic nitrogens is 5. The molecule has 4 fully saturated rings. The number of pyridine rings is 1. The first-order valence-corrected chi connectivity index (χ1v) is 22.2. The van der Waals surface area contributed by atoms with Crippen LogP contribution in [0.25, 0.3) is 16.9 Å². The summed E-state index contributed by atoms with van der Waals surface area (Å²) in [7, 11) is 0. The zero-order valence-corrected chi connectivity index (χ0v) is 35.6. The van der Waals surface area contributed by atoms with Gasteiger partial charge < -0.3 is 20.2 Å². The number of nitrogens with zero attached hydrogens (tertiary/aromatic N) is 9. The minimum Gasteiger partial charge on any atom is -0.384 e. The topological polar surface area (TPSA) is 191 Å². The molecule has 64 heavy (non-hydrogen) atoms. The van der Waals surface area contributed by atoms with Crippen LogP contribution in [0.2, 0.25) is 0 Å². The fraction of sp³-hybridized carbons (Fsp3) is 0.404. The van der Waals surface area contributed by atoms with Gasteiger partial charge in [0, 0.05) is 80.4 Å². The van der Waals surface area contributed by atoms with Crippen LogP contribution in [0.15, 0.2) is 78.2 Å². The van der Waals surface area contributed by atoms with Gasteiger partial charge in [0.25, 0.3) is 17.4 Å². The number of allylic oxidation sites excluding steroid dienone is 1. The van der Waals surface area contributed by atoms with Crippen LogP contribution in [-0.2, 0) is 28.2 Å². The molecule has 3 N–H and O–H groups in total. The monoisotopic (exact) mass is 863 g/mol. The maximum absolute atomic E-state index is 13.5. The number of aliphatic hydroxyl groups is 1. The van der Waals surface area contributed by atoms with Gasteiger partial charge >= 0.3 is 0 Å². The minimum absolute atomic E-state index is 0.0908. The first-order valence-electron chi connectivity index (χ1n) is 22.2. The van der Waals surface area contributed by atoms with E-state index in [1.165, 1.54) is 0 Å². The van der Waals surface area contributed by atoms with Crippen molar-refractivity contribution in [1.82, 2.24) is 39.4 Å². The van der Waals surface area contributed by atoms with E-state index < -0.39 is 35.3 Å². The largest absolute Gasteiger partial charge is 0.384 e. The fourth-order valence-electron chi connectivity index (χ4n) is 10.9. The molecule has 0 saturated carbocycles. The summed E-state index contributed by atoms with van der Waals surface area (Å²) in [4.78, 5) is 86.7. The predicted molar refractivity (Wildman–Crippen MR) is 238 cm³/mol. The number of fused-ring (bicyclic) bond motifs is 3. The molecule has 328 valence electrons. The normalized spacial score (nSPS) is 23.0. The summed E-state index contributed by atoms with van der Waals surface area (Å²) in [6, 6.07) is 17.0. The lowest BCUT2D eigenvalue weighted by Crippen LogP contribution is -2.74. The SMILES string of the molecule is C=CCn1c(=O)c2cnc(Nc3ccc(N4CC5(C4)CN(C4CCN(c6ccc7c(c6)C(=O)N(C6CCC(=O)NC6=O)C7=O)CC4)C5)cc3)nc2n1-c1ccc2c(n1)[C@@](O)(CC)CC2. The number of amides is 4. The highest BCUT2D eigenvalue weighted by Gasteiger charge is 2.53. The average Bonchev–Trinajstić information content (AvgIpc) is 3.85. The second-order valence-electron chi connectivity index (χ2n) is 18.3. The molecule has 5 aromatic rings. The van der Waals surface area contributed by atoms with Crippen LogP contribution in [0.4, 0.5) is 23.0 Å². The third kappa shape index (κ3) is 6.42. The number of hydrogen-bond acceptors (Lipinski definition) is 13. The van der Waals surface area contributed by atoms with Gasteiger partial charge in [0.2, 0.25) is 17.8 Å². The van der Waals surface area contributed by atoms with Crippen LogP contribution in [0, 0.1) is 5.41 Å². The number of anilines is 4. The highest BCUT2D eigenvalue weighted by atomic mass is 16.3. The van der Waals surface area contributed by atoms with Crippen molar-refractivity contribution in [3.05, 3.63) is 106 Å². The van der Waals surface area contributed by atoms with E-state index in [4.69, 9.17) is 9.97 Å². The molecule has 17 heteroatoms. The van der Waals surface area contributed by atoms with Crippen LogP contribution in [0.1, 0.15) is 77.4 Å². The minimum atomic E-state index is -1.00. The molecule has 17 nitrogen and oxygen atoms in total. The summed E-state index contributed by atoms with van der Waals surface area (Å²) in [6.45, 7) is 11.9. The van der Waals surface area contributed by atoms with Gasteiger partial charge in [0.15, 0.2) is 11.5 Å². The van der Waals surface area contributed by atoms with Crippen LogP contribution >= 0.6 is 0 Å². The molecule has 4 amide bonds. The molecule has 0 bridgehead atoms. The van der Waals surface area contributed by atoms with Gasteiger partial charge in [-0.3, -0.25) is 39.1 Å². The number of imide groups is 2. The van der Waals surface area contributed by atoms with E-state index in [0.29, 0.717) is 63.9 Å². The van der Waals surface area contributed by atoms with Crippen molar-refractivity contribution in [2.75, 3.05) is 54.4 Å². The van der Waals surface area contributed by atoms with Gasteiger partial charge in [-0.15, -0.1) is 6.58 Å². The molecule has 0 radical (unpaired) electrons. The molecule has 2 aromatic carbocycles. The van der Waals surface area contributed by atoms with Crippen LogP contribution in [0.5, 0.6) is 0 Å². The Hall–Kier alpha value is -6.72. The van der Waals surface area contributed by atoms with E-state index in [1.807, 2.05) is 37.3 Å².